The summed E-state index contributed by atoms with van der Waals surface area (Å²) in [6.45, 7) is 4.57. The molecule has 0 aliphatic carbocycles. The van der Waals surface area contributed by atoms with Crippen molar-refractivity contribution in [2.45, 2.75) is 51.9 Å². The maximum absolute atomic E-state index is 3.26. The summed E-state index contributed by atoms with van der Waals surface area (Å²) in [4.78, 5) is 0. The molecule has 0 unspecified atom stereocenters. The van der Waals surface area contributed by atoms with Crippen LogP contribution in [0.4, 0.5) is 0 Å². The summed E-state index contributed by atoms with van der Waals surface area (Å²) in [6.07, 6.45) is 12.2. The molecule has 0 aromatic heterocycles. The molecule has 0 radical (unpaired) electrons. The number of allylic oxidation sites excluding steroid dienone is 1. The molecule has 1 heterocycles. The van der Waals surface area contributed by atoms with Crippen LogP contribution in [-0.4, -0.2) is 13.1 Å². The quantitative estimate of drug-likeness (QED) is 0.469. The SMILES string of the molecule is CCCCCCCCC=C1CNC1. The minimum Gasteiger partial charge on any atom is -0.309 e. The van der Waals surface area contributed by atoms with Gasteiger partial charge in [0.2, 0.25) is 0 Å². The number of unbranched alkanes of at least 4 members (excludes halogenated alkanes) is 6. The van der Waals surface area contributed by atoms with E-state index in [4.69, 9.17) is 0 Å². The van der Waals surface area contributed by atoms with E-state index in [1.54, 1.807) is 5.57 Å². The first-order valence-corrected chi connectivity index (χ1v) is 5.82. The molecule has 13 heavy (non-hydrogen) atoms. The summed E-state index contributed by atoms with van der Waals surface area (Å²) in [5.41, 5.74) is 1.62. The summed E-state index contributed by atoms with van der Waals surface area (Å²) in [5.74, 6) is 0. The highest BCUT2D eigenvalue weighted by Crippen LogP contribution is 2.09. The molecule has 1 aliphatic rings. The molecule has 0 spiro atoms. The Hall–Kier alpha value is -0.300. The third-order valence-electron chi connectivity index (χ3n) is 2.69. The Morgan fingerprint density at radius 1 is 1.08 bits per heavy atom. The van der Waals surface area contributed by atoms with Crippen molar-refractivity contribution in [2.24, 2.45) is 0 Å². The van der Waals surface area contributed by atoms with Crippen molar-refractivity contribution >= 4 is 0 Å². The fraction of sp³-hybridized carbons (Fsp3) is 0.833. The molecule has 0 amide bonds. The number of nitrogens with one attached hydrogen (secondary N) is 1. The van der Waals surface area contributed by atoms with E-state index >= 15 is 0 Å². The van der Waals surface area contributed by atoms with Crippen molar-refractivity contribution in [1.29, 1.82) is 0 Å². The lowest BCUT2D eigenvalue weighted by atomic mass is 10.1. The molecule has 1 N–H and O–H groups in total. The molecular formula is C12H23N. The van der Waals surface area contributed by atoms with Crippen LogP contribution in [0.25, 0.3) is 0 Å². The zero-order valence-corrected chi connectivity index (χ0v) is 8.94. The van der Waals surface area contributed by atoms with Crippen LogP contribution in [0.1, 0.15) is 51.9 Å². The van der Waals surface area contributed by atoms with Gasteiger partial charge in [0.05, 0.1) is 0 Å². The maximum Gasteiger partial charge on any atom is 0.0180 e. The average Bonchev–Trinajstić information content (AvgIpc) is 2.07. The van der Waals surface area contributed by atoms with E-state index in [0.29, 0.717) is 0 Å². The number of hydrogen-bond donors (Lipinski definition) is 1. The van der Waals surface area contributed by atoms with Crippen LogP contribution in [0.15, 0.2) is 11.6 Å². The van der Waals surface area contributed by atoms with Crippen molar-refractivity contribution in [3.63, 3.8) is 0 Å². The third-order valence-corrected chi connectivity index (χ3v) is 2.69. The van der Waals surface area contributed by atoms with Crippen molar-refractivity contribution in [3.8, 4) is 0 Å². The lowest BCUT2D eigenvalue weighted by Gasteiger charge is -2.18. The van der Waals surface area contributed by atoms with Gasteiger partial charge >= 0.3 is 0 Å². The van der Waals surface area contributed by atoms with Gasteiger partial charge in [0.25, 0.3) is 0 Å². The molecule has 1 fully saturated rings. The molecule has 1 heteroatoms. The first kappa shape index (κ1) is 10.8. The second-order valence-electron chi connectivity index (χ2n) is 4.02. The Morgan fingerprint density at radius 3 is 2.38 bits per heavy atom. The Bertz CT molecular complexity index is 143. The minimum atomic E-state index is 1.15. The average molecular weight is 181 g/mol. The molecule has 1 nitrogen and oxygen atoms in total. The van der Waals surface area contributed by atoms with Crippen LogP contribution in [0.3, 0.4) is 0 Å². The van der Waals surface area contributed by atoms with Gasteiger partial charge in [-0.1, -0.05) is 45.1 Å². The van der Waals surface area contributed by atoms with Gasteiger partial charge in [-0.25, -0.2) is 0 Å². The summed E-state index contributed by atoms with van der Waals surface area (Å²) in [6, 6.07) is 0. The predicted octanol–water partition coefficient (Wildman–Crippen LogP) is 3.27. The van der Waals surface area contributed by atoms with Crippen molar-refractivity contribution < 1.29 is 0 Å². The van der Waals surface area contributed by atoms with Crippen LogP contribution < -0.4 is 5.32 Å². The summed E-state index contributed by atoms with van der Waals surface area (Å²) < 4.78 is 0. The Labute approximate surface area is 82.6 Å². The van der Waals surface area contributed by atoms with E-state index < -0.39 is 0 Å². The molecule has 0 atom stereocenters. The van der Waals surface area contributed by atoms with E-state index in [0.717, 1.165) is 13.1 Å². The highest BCUT2D eigenvalue weighted by Gasteiger charge is 2.04. The Morgan fingerprint density at radius 2 is 1.77 bits per heavy atom. The van der Waals surface area contributed by atoms with E-state index in [2.05, 4.69) is 18.3 Å². The van der Waals surface area contributed by atoms with Crippen LogP contribution >= 0.6 is 0 Å². The monoisotopic (exact) mass is 181 g/mol. The number of hydrogen-bond acceptors (Lipinski definition) is 1. The molecule has 76 valence electrons. The lowest BCUT2D eigenvalue weighted by molar-refractivity contribution is 0.605. The van der Waals surface area contributed by atoms with Gasteiger partial charge in [0, 0.05) is 13.1 Å². The van der Waals surface area contributed by atoms with E-state index in [-0.39, 0.29) is 0 Å². The van der Waals surface area contributed by atoms with Crippen LogP contribution in [-0.2, 0) is 0 Å². The van der Waals surface area contributed by atoms with Gasteiger partial charge in [-0.3, -0.25) is 0 Å². The molecule has 1 aliphatic heterocycles. The maximum atomic E-state index is 3.26. The van der Waals surface area contributed by atoms with E-state index in [9.17, 15) is 0 Å². The Balaban J connectivity index is 1.78. The normalized spacial score (nSPS) is 15.6. The second-order valence-corrected chi connectivity index (χ2v) is 4.02. The van der Waals surface area contributed by atoms with Gasteiger partial charge < -0.3 is 5.32 Å². The van der Waals surface area contributed by atoms with Gasteiger partial charge in [0.1, 0.15) is 0 Å². The van der Waals surface area contributed by atoms with Gasteiger partial charge in [-0.05, 0) is 18.4 Å². The van der Waals surface area contributed by atoms with Crippen molar-refractivity contribution in [3.05, 3.63) is 11.6 Å². The van der Waals surface area contributed by atoms with Gasteiger partial charge in [0.15, 0.2) is 0 Å². The van der Waals surface area contributed by atoms with Crippen LogP contribution in [0, 0.1) is 0 Å². The first-order valence-electron chi connectivity index (χ1n) is 5.82. The molecule has 0 aromatic rings. The zero-order valence-electron chi connectivity index (χ0n) is 8.94. The van der Waals surface area contributed by atoms with Crippen LogP contribution in [0.5, 0.6) is 0 Å². The van der Waals surface area contributed by atoms with E-state index in [1.807, 2.05) is 0 Å². The summed E-state index contributed by atoms with van der Waals surface area (Å²) >= 11 is 0. The fourth-order valence-corrected chi connectivity index (χ4v) is 1.64. The molecule has 0 saturated carbocycles. The highest BCUT2D eigenvalue weighted by atomic mass is 14.9. The third kappa shape index (κ3) is 5.09. The standard InChI is InChI=1S/C12H23N/c1-2-3-4-5-6-7-8-9-12-10-13-11-12/h9,13H,2-8,10-11H2,1H3. The summed E-state index contributed by atoms with van der Waals surface area (Å²) in [7, 11) is 0. The van der Waals surface area contributed by atoms with Crippen molar-refractivity contribution in [1.82, 2.24) is 5.32 Å². The van der Waals surface area contributed by atoms with Gasteiger partial charge in [-0.15, -0.1) is 0 Å². The lowest BCUT2D eigenvalue weighted by Crippen LogP contribution is -2.33. The van der Waals surface area contributed by atoms with Crippen molar-refractivity contribution in [2.75, 3.05) is 13.1 Å². The molecule has 1 rings (SSSR count). The summed E-state index contributed by atoms with van der Waals surface area (Å²) in [5, 5.41) is 3.26. The van der Waals surface area contributed by atoms with Gasteiger partial charge in [-0.2, -0.15) is 0 Å². The molecule has 1 saturated heterocycles. The highest BCUT2D eigenvalue weighted by molar-refractivity contribution is 5.13. The molecular weight excluding hydrogens is 158 g/mol. The van der Waals surface area contributed by atoms with Crippen LogP contribution in [0.2, 0.25) is 0 Å². The zero-order chi connectivity index (χ0) is 9.36. The largest absolute Gasteiger partial charge is 0.309 e. The topological polar surface area (TPSA) is 12.0 Å². The minimum absolute atomic E-state index is 1.15. The number of rotatable bonds is 7. The first-order chi connectivity index (χ1) is 6.43. The fourth-order valence-electron chi connectivity index (χ4n) is 1.64. The predicted molar refractivity (Wildman–Crippen MR) is 58.9 cm³/mol. The molecule has 0 bridgehead atoms. The molecule has 0 aromatic carbocycles. The van der Waals surface area contributed by atoms with E-state index in [1.165, 1.54) is 44.9 Å². The smallest absolute Gasteiger partial charge is 0.0180 e. The second kappa shape index (κ2) is 7.14. The Kier molecular flexibility index (Phi) is 5.92.